The maximum atomic E-state index is 6.11. The molecule has 0 saturated heterocycles. The summed E-state index contributed by atoms with van der Waals surface area (Å²) in [5.74, 6) is 0.750. The summed E-state index contributed by atoms with van der Waals surface area (Å²) in [4.78, 5) is 4.25. The lowest BCUT2D eigenvalue weighted by molar-refractivity contribution is 0.348. The Bertz CT molecular complexity index is 373. The lowest BCUT2D eigenvalue weighted by Gasteiger charge is -2.35. The molecule has 4 heteroatoms. The Morgan fingerprint density at radius 3 is 2.69 bits per heavy atom. The Morgan fingerprint density at radius 1 is 1.38 bits per heavy atom. The largest absolute Gasteiger partial charge is 0.397 e. The third-order valence-electron chi connectivity index (χ3n) is 3.24. The SMILES string of the molecule is CC1(Nc2ncc(N)cc2Cl)CCCCC1. The van der Waals surface area contributed by atoms with E-state index in [1.165, 1.54) is 32.1 Å². The van der Waals surface area contributed by atoms with Gasteiger partial charge in [-0.2, -0.15) is 0 Å². The van der Waals surface area contributed by atoms with Crippen molar-refractivity contribution >= 4 is 23.1 Å². The first kappa shape index (κ1) is 11.5. The Kier molecular flexibility index (Phi) is 3.24. The summed E-state index contributed by atoms with van der Waals surface area (Å²) >= 11 is 6.11. The number of anilines is 2. The molecule has 0 bridgehead atoms. The average molecular weight is 240 g/mol. The lowest BCUT2D eigenvalue weighted by atomic mass is 9.83. The summed E-state index contributed by atoms with van der Waals surface area (Å²) in [5.41, 5.74) is 6.35. The van der Waals surface area contributed by atoms with Crippen LogP contribution in [0.3, 0.4) is 0 Å². The van der Waals surface area contributed by atoms with E-state index in [9.17, 15) is 0 Å². The van der Waals surface area contributed by atoms with Crippen molar-refractivity contribution in [3.05, 3.63) is 17.3 Å². The number of hydrogen-bond donors (Lipinski definition) is 2. The zero-order chi connectivity index (χ0) is 11.6. The first-order valence-corrected chi connectivity index (χ1v) is 6.16. The number of nitrogens with zero attached hydrogens (tertiary/aromatic N) is 1. The molecule has 0 atom stereocenters. The molecule has 2 rings (SSSR count). The average Bonchev–Trinajstić information content (AvgIpc) is 2.23. The van der Waals surface area contributed by atoms with E-state index in [1.807, 2.05) is 0 Å². The highest BCUT2D eigenvalue weighted by Crippen LogP contribution is 2.33. The van der Waals surface area contributed by atoms with Gasteiger partial charge >= 0.3 is 0 Å². The van der Waals surface area contributed by atoms with Crippen LogP contribution in [-0.4, -0.2) is 10.5 Å². The Balaban J connectivity index is 2.13. The van der Waals surface area contributed by atoms with Crippen LogP contribution in [0.2, 0.25) is 5.02 Å². The monoisotopic (exact) mass is 239 g/mol. The number of nitrogen functional groups attached to an aromatic ring is 1. The van der Waals surface area contributed by atoms with Crippen molar-refractivity contribution < 1.29 is 0 Å². The van der Waals surface area contributed by atoms with E-state index in [2.05, 4.69) is 17.2 Å². The molecule has 0 spiro atoms. The zero-order valence-corrected chi connectivity index (χ0v) is 10.3. The van der Waals surface area contributed by atoms with Gasteiger partial charge in [-0.15, -0.1) is 0 Å². The van der Waals surface area contributed by atoms with Crippen LogP contribution in [0.15, 0.2) is 12.3 Å². The fraction of sp³-hybridized carbons (Fsp3) is 0.583. The highest BCUT2D eigenvalue weighted by atomic mass is 35.5. The number of pyridine rings is 1. The van der Waals surface area contributed by atoms with E-state index in [0.29, 0.717) is 10.7 Å². The van der Waals surface area contributed by atoms with Crippen molar-refractivity contribution in [3.63, 3.8) is 0 Å². The topological polar surface area (TPSA) is 50.9 Å². The van der Waals surface area contributed by atoms with Gasteiger partial charge in [0.15, 0.2) is 0 Å². The van der Waals surface area contributed by atoms with E-state index >= 15 is 0 Å². The van der Waals surface area contributed by atoms with Crippen molar-refractivity contribution in [1.82, 2.24) is 4.98 Å². The molecule has 0 radical (unpaired) electrons. The fourth-order valence-electron chi connectivity index (χ4n) is 2.29. The van der Waals surface area contributed by atoms with E-state index in [4.69, 9.17) is 17.3 Å². The Labute approximate surface area is 101 Å². The second-order valence-electron chi connectivity index (χ2n) is 4.85. The Morgan fingerprint density at radius 2 is 2.06 bits per heavy atom. The normalized spacial score (nSPS) is 19.4. The number of hydrogen-bond acceptors (Lipinski definition) is 3. The van der Waals surface area contributed by atoms with Crippen LogP contribution < -0.4 is 11.1 Å². The first-order chi connectivity index (χ1) is 7.59. The minimum atomic E-state index is 0.130. The van der Waals surface area contributed by atoms with Gasteiger partial charge in [0.2, 0.25) is 0 Å². The Hall–Kier alpha value is -0.960. The van der Waals surface area contributed by atoms with Gasteiger partial charge in [0.1, 0.15) is 5.82 Å². The van der Waals surface area contributed by atoms with Gasteiger partial charge in [0.25, 0.3) is 0 Å². The van der Waals surface area contributed by atoms with Crippen molar-refractivity contribution in [2.24, 2.45) is 0 Å². The van der Waals surface area contributed by atoms with Gasteiger partial charge in [0.05, 0.1) is 16.9 Å². The standard InChI is InChI=1S/C12H18ClN3/c1-12(5-3-2-4-6-12)16-11-10(13)7-9(14)8-15-11/h7-8H,2-6,14H2,1H3,(H,15,16). The van der Waals surface area contributed by atoms with Crippen molar-refractivity contribution in [2.45, 2.75) is 44.6 Å². The van der Waals surface area contributed by atoms with Gasteiger partial charge in [0, 0.05) is 5.54 Å². The number of aromatic nitrogens is 1. The van der Waals surface area contributed by atoms with Crippen LogP contribution in [0.4, 0.5) is 11.5 Å². The minimum absolute atomic E-state index is 0.130. The van der Waals surface area contributed by atoms with Crippen LogP contribution in [-0.2, 0) is 0 Å². The van der Waals surface area contributed by atoms with Crippen molar-refractivity contribution in [2.75, 3.05) is 11.1 Å². The van der Waals surface area contributed by atoms with E-state index in [1.54, 1.807) is 12.3 Å². The molecule has 1 aromatic rings. The van der Waals surface area contributed by atoms with Gasteiger partial charge in [-0.1, -0.05) is 30.9 Å². The molecule has 1 aliphatic carbocycles. The smallest absolute Gasteiger partial charge is 0.145 e. The second kappa shape index (κ2) is 4.50. The molecule has 0 amide bonds. The lowest BCUT2D eigenvalue weighted by Crippen LogP contribution is -2.37. The summed E-state index contributed by atoms with van der Waals surface area (Å²) in [6.07, 6.45) is 7.87. The van der Waals surface area contributed by atoms with Crippen LogP contribution in [0, 0.1) is 0 Å². The van der Waals surface area contributed by atoms with Crippen LogP contribution in [0.25, 0.3) is 0 Å². The molecular weight excluding hydrogens is 222 g/mol. The van der Waals surface area contributed by atoms with E-state index < -0.39 is 0 Å². The molecule has 3 nitrogen and oxygen atoms in total. The highest BCUT2D eigenvalue weighted by Gasteiger charge is 2.27. The van der Waals surface area contributed by atoms with Gasteiger partial charge in [-0.05, 0) is 25.8 Å². The first-order valence-electron chi connectivity index (χ1n) is 5.78. The van der Waals surface area contributed by atoms with E-state index in [-0.39, 0.29) is 5.54 Å². The molecule has 88 valence electrons. The van der Waals surface area contributed by atoms with Crippen molar-refractivity contribution in [1.29, 1.82) is 0 Å². The molecule has 1 fully saturated rings. The fourth-order valence-corrected chi connectivity index (χ4v) is 2.51. The van der Waals surface area contributed by atoms with Crippen molar-refractivity contribution in [3.8, 4) is 0 Å². The zero-order valence-electron chi connectivity index (χ0n) is 9.59. The number of halogens is 1. The van der Waals surface area contributed by atoms with Crippen LogP contribution >= 0.6 is 11.6 Å². The second-order valence-corrected chi connectivity index (χ2v) is 5.25. The number of nitrogens with two attached hydrogens (primary N) is 1. The molecule has 0 aliphatic heterocycles. The van der Waals surface area contributed by atoms with Gasteiger partial charge in [-0.25, -0.2) is 4.98 Å². The van der Waals surface area contributed by atoms with Gasteiger partial charge in [-0.3, -0.25) is 0 Å². The van der Waals surface area contributed by atoms with Crippen LogP contribution in [0.1, 0.15) is 39.0 Å². The summed E-state index contributed by atoms with van der Waals surface area (Å²) in [6, 6.07) is 1.74. The predicted octanol–water partition coefficient (Wildman–Crippen LogP) is 3.45. The minimum Gasteiger partial charge on any atom is -0.397 e. The molecular formula is C12H18ClN3. The van der Waals surface area contributed by atoms with Crippen LogP contribution in [0.5, 0.6) is 0 Å². The molecule has 3 N–H and O–H groups in total. The summed E-state index contributed by atoms with van der Waals surface area (Å²) in [5, 5.41) is 4.06. The van der Waals surface area contributed by atoms with E-state index in [0.717, 1.165) is 5.82 Å². The quantitative estimate of drug-likeness (QED) is 0.831. The number of nitrogens with one attached hydrogen (secondary N) is 1. The molecule has 1 heterocycles. The summed E-state index contributed by atoms with van der Waals surface area (Å²) in [7, 11) is 0. The third kappa shape index (κ3) is 2.59. The summed E-state index contributed by atoms with van der Waals surface area (Å²) < 4.78 is 0. The molecule has 1 aliphatic rings. The molecule has 1 saturated carbocycles. The number of rotatable bonds is 2. The molecule has 16 heavy (non-hydrogen) atoms. The highest BCUT2D eigenvalue weighted by molar-refractivity contribution is 6.33. The maximum absolute atomic E-state index is 6.11. The maximum Gasteiger partial charge on any atom is 0.145 e. The van der Waals surface area contributed by atoms with Gasteiger partial charge < -0.3 is 11.1 Å². The summed E-state index contributed by atoms with van der Waals surface area (Å²) in [6.45, 7) is 2.24. The predicted molar refractivity (Wildman–Crippen MR) is 68.8 cm³/mol. The molecule has 0 unspecified atom stereocenters. The molecule has 0 aromatic carbocycles. The molecule has 1 aromatic heterocycles. The third-order valence-corrected chi connectivity index (χ3v) is 3.53.